The van der Waals surface area contributed by atoms with Crippen LogP contribution in [0.1, 0.15) is 29.8 Å². The number of hydrogen-bond acceptors (Lipinski definition) is 4. The van der Waals surface area contributed by atoms with Crippen molar-refractivity contribution < 1.29 is 19.2 Å². The smallest absolute Gasteiger partial charge is 0.326 e. The average Bonchev–Trinajstić information content (AvgIpc) is 3.05. The molecular formula is C16H16N2O4. The van der Waals surface area contributed by atoms with Crippen LogP contribution >= 0.6 is 0 Å². The van der Waals surface area contributed by atoms with Crippen molar-refractivity contribution in [1.82, 2.24) is 10.1 Å². The first-order valence-corrected chi connectivity index (χ1v) is 7.23. The monoisotopic (exact) mass is 300 g/mol. The van der Waals surface area contributed by atoms with E-state index in [1.54, 1.807) is 6.07 Å². The summed E-state index contributed by atoms with van der Waals surface area (Å²) in [6.07, 6.45) is 2.10. The van der Waals surface area contributed by atoms with Gasteiger partial charge in [-0.1, -0.05) is 35.5 Å². The summed E-state index contributed by atoms with van der Waals surface area (Å²) in [5.41, 5.74) is 0.967. The molecule has 3 rings (SSSR count). The van der Waals surface area contributed by atoms with Crippen LogP contribution in [0.25, 0.3) is 11.3 Å². The number of carboxylic acids is 1. The molecule has 0 saturated carbocycles. The van der Waals surface area contributed by atoms with Crippen LogP contribution in [0.4, 0.5) is 0 Å². The molecule has 1 fully saturated rings. The zero-order valence-electron chi connectivity index (χ0n) is 11.9. The van der Waals surface area contributed by atoms with Crippen molar-refractivity contribution in [1.29, 1.82) is 0 Å². The molecule has 1 amide bonds. The Morgan fingerprint density at radius 1 is 1.23 bits per heavy atom. The molecule has 1 aromatic carbocycles. The predicted octanol–water partition coefficient (Wildman–Crippen LogP) is 2.42. The number of rotatable bonds is 3. The van der Waals surface area contributed by atoms with Gasteiger partial charge in [-0.25, -0.2) is 4.79 Å². The molecule has 0 radical (unpaired) electrons. The van der Waals surface area contributed by atoms with Gasteiger partial charge in [0.2, 0.25) is 0 Å². The molecule has 0 aliphatic carbocycles. The molecule has 1 aliphatic heterocycles. The predicted molar refractivity (Wildman–Crippen MR) is 78.3 cm³/mol. The van der Waals surface area contributed by atoms with E-state index in [-0.39, 0.29) is 5.69 Å². The van der Waals surface area contributed by atoms with Gasteiger partial charge in [-0.3, -0.25) is 4.79 Å². The summed E-state index contributed by atoms with van der Waals surface area (Å²) in [6, 6.07) is 10.1. The first-order chi connectivity index (χ1) is 10.7. The number of amides is 1. The Hall–Kier alpha value is -2.63. The van der Waals surface area contributed by atoms with E-state index in [4.69, 9.17) is 4.52 Å². The molecule has 1 aromatic heterocycles. The third-order valence-corrected chi connectivity index (χ3v) is 3.84. The zero-order valence-corrected chi connectivity index (χ0v) is 11.9. The fourth-order valence-electron chi connectivity index (χ4n) is 2.69. The van der Waals surface area contributed by atoms with E-state index < -0.39 is 17.9 Å². The van der Waals surface area contributed by atoms with E-state index in [0.717, 1.165) is 18.4 Å². The molecule has 114 valence electrons. The second kappa shape index (κ2) is 6.01. The summed E-state index contributed by atoms with van der Waals surface area (Å²) in [5.74, 6) is -0.870. The highest BCUT2D eigenvalue weighted by atomic mass is 16.5. The second-order valence-corrected chi connectivity index (χ2v) is 5.29. The lowest BCUT2D eigenvalue weighted by atomic mass is 10.0. The fraction of sp³-hybridized carbons (Fsp3) is 0.312. The lowest BCUT2D eigenvalue weighted by molar-refractivity contribution is -0.143. The molecule has 22 heavy (non-hydrogen) atoms. The number of hydrogen-bond donors (Lipinski definition) is 1. The SMILES string of the molecule is O=C(O)[C@H]1CCCCN1C(=O)c1cc(-c2ccccc2)on1. The largest absolute Gasteiger partial charge is 0.480 e. The molecule has 2 aromatic rings. The maximum absolute atomic E-state index is 12.5. The van der Waals surface area contributed by atoms with Crippen LogP contribution < -0.4 is 0 Å². The second-order valence-electron chi connectivity index (χ2n) is 5.29. The number of aliphatic carboxylic acids is 1. The maximum Gasteiger partial charge on any atom is 0.326 e. The molecule has 6 nitrogen and oxygen atoms in total. The first-order valence-electron chi connectivity index (χ1n) is 7.23. The van der Waals surface area contributed by atoms with Crippen LogP contribution in [0.3, 0.4) is 0 Å². The molecule has 1 N–H and O–H groups in total. The normalized spacial score (nSPS) is 18.2. The van der Waals surface area contributed by atoms with E-state index in [1.807, 2.05) is 30.3 Å². The summed E-state index contributed by atoms with van der Waals surface area (Å²) in [5, 5.41) is 13.1. The number of benzene rings is 1. The number of carboxylic acid groups (broad SMARTS) is 1. The van der Waals surface area contributed by atoms with Gasteiger partial charge < -0.3 is 14.5 Å². The van der Waals surface area contributed by atoms with Gasteiger partial charge in [0.25, 0.3) is 5.91 Å². The molecule has 2 heterocycles. The fourth-order valence-corrected chi connectivity index (χ4v) is 2.69. The van der Waals surface area contributed by atoms with Crippen LogP contribution in [0.15, 0.2) is 40.9 Å². The van der Waals surface area contributed by atoms with E-state index in [9.17, 15) is 14.7 Å². The van der Waals surface area contributed by atoms with Crippen LogP contribution in [0.2, 0.25) is 0 Å². The number of carbonyl (C=O) groups is 2. The highest BCUT2D eigenvalue weighted by Crippen LogP contribution is 2.23. The first kappa shape index (κ1) is 14.3. The van der Waals surface area contributed by atoms with E-state index in [2.05, 4.69) is 5.16 Å². The number of likely N-dealkylation sites (tertiary alicyclic amines) is 1. The van der Waals surface area contributed by atoms with E-state index >= 15 is 0 Å². The number of carbonyl (C=O) groups excluding carboxylic acids is 1. The summed E-state index contributed by atoms with van der Waals surface area (Å²) in [6.45, 7) is 0.434. The third-order valence-electron chi connectivity index (χ3n) is 3.84. The van der Waals surface area contributed by atoms with Crippen LogP contribution in [-0.2, 0) is 4.79 Å². The van der Waals surface area contributed by atoms with Crippen molar-refractivity contribution in [3.8, 4) is 11.3 Å². The lowest BCUT2D eigenvalue weighted by Crippen LogP contribution is -2.48. The molecule has 0 unspecified atom stereocenters. The van der Waals surface area contributed by atoms with Crippen molar-refractivity contribution in [2.24, 2.45) is 0 Å². The van der Waals surface area contributed by atoms with Crippen LogP contribution in [0.5, 0.6) is 0 Å². The van der Waals surface area contributed by atoms with Crippen molar-refractivity contribution in [3.63, 3.8) is 0 Å². The van der Waals surface area contributed by atoms with Crippen LogP contribution in [0, 0.1) is 0 Å². The van der Waals surface area contributed by atoms with Crippen molar-refractivity contribution >= 4 is 11.9 Å². The number of aromatic nitrogens is 1. The van der Waals surface area contributed by atoms with E-state index in [0.29, 0.717) is 18.7 Å². The lowest BCUT2D eigenvalue weighted by Gasteiger charge is -2.32. The van der Waals surface area contributed by atoms with E-state index in [1.165, 1.54) is 4.90 Å². The Morgan fingerprint density at radius 3 is 2.73 bits per heavy atom. The summed E-state index contributed by atoms with van der Waals surface area (Å²) >= 11 is 0. The van der Waals surface area contributed by atoms with Gasteiger partial charge >= 0.3 is 5.97 Å². The van der Waals surface area contributed by atoms with Gasteiger partial charge in [-0.2, -0.15) is 0 Å². The van der Waals surface area contributed by atoms with Gasteiger partial charge in [0.1, 0.15) is 6.04 Å². The minimum atomic E-state index is -0.972. The van der Waals surface area contributed by atoms with Gasteiger partial charge in [0.15, 0.2) is 11.5 Å². The van der Waals surface area contributed by atoms with Gasteiger partial charge in [0, 0.05) is 18.2 Å². The van der Waals surface area contributed by atoms with Crippen molar-refractivity contribution in [2.75, 3.05) is 6.54 Å². The highest BCUT2D eigenvalue weighted by Gasteiger charge is 2.33. The van der Waals surface area contributed by atoms with Gasteiger partial charge in [0.05, 0.1) is 0 Å². The number of nitrogens with zero attached hydrogens (tertiary/aromatic N) is 2. The molecule has 1 aliphatic rings. The Bertz CT molecular complexity index is 680. The quantitative estimate of drug-likeness (QED) is 0.941. The van der Waals surface area contributed by atoms with Crippen molar-refractivity contribution in [2.45, 2.75) is 25.3 Å². The minimum absolute atomic E-state index is 0.145. The Balaban J connectivity index is 1.83. The highest BCUT2D eigenvalue weighted by molar-refractivity contribution is 5.95. The third kappa shape index (κ3) is 2.72. The van der Waals surface area contributed by atoms with Crippen molar-refractivity contribution in [3.05, 3.63) is 42.1 Å². The molecular weight excluding hydrogens is 284 g/mol. The van der Waals surface area contributed by atoms with Gasteiger partial charge in [-0.05, 0) is 19.3 Å². The molecule has 1 saturated heterocycles. The Morgan fingerprint density at radius 2 is 2.00 bits per heavy atom. The standard InChI is InChI=1S/C16H16N2O4/c19-15(18-9-5-4-8-13(18)16(20)21)12-10-14(22-17-12)11-6-2-1-3-7-11/h1-3,6-7,10,13H,4-5,8-9H2,(H,20,21)/t13-/m1/s1. The maximum atomic E-state index is 12.5. The molecule has 0 bridgehead atoms. The van der Waals surface area contributed by atoms with Crippen LogP contribution in [-0.4, -0.2) is 39.6 Å². The average molecular weight is 300 g/mol. The topological polar surface area (TPSA) is 83.6 Å². The molecule has 6 heteroatoms. The molecule has 1 atom stereocenters. The summed E-state index contributed by atoms with van der Waals surface area (Å²) in [7, 11) is 0. The minimum Gasteiger partial charge on any atom is -0.480 e. The summed E-state index contributed by atoms with van der Waals surface area (Å²) in [4.78, 5) is 25.2. The Kier molecular flexibility index (Phi) is 3.91. The van der Waals surface area contributed by atoms with Gasteiger partial charge in [-0.15, -0.1) is 0 Å². The number of piperidine rings is 1. The molecule has 0 spiro atoms. The zero-order chi connectivity index (χ0) is 15.5. The summed E-state index contributed by atoms with van der Waals surface area (Å²) < 4.78 is 5.21. The Labute approximate surface area is 127 Å².